The summed E-state index contributed by atoms with van der Waals surface area (Å²) in [4.78, 5) is 18.5. The first kappa shape index (κ1) is 24.4. The van der Waals surface area contributed by atoms with Crippen LogP contribution in [0.3, 0.4) is 0 Å². The van der Waals surface area contributed by atoms with E-state index in [-0.39, 0.29) is 6.04 Å². The highest BCUT2D eigenvalue weighted by molar-refractivity contribution is 7.88. The monoisotopic (exact) mass is 487 g/mol. The minimum Gasteiger partial charge on any atom is -0.381 e. The van der Waals surface area contributed by atoms with Crippen molar-refractivity contribution in [1.82, 2.24) is 9.29 Å². The summed E-state index contributed by atoms with van der Waals surface area (Å²) in [5.41, 5.74) is 8.87. The number of primary amides is 1. The molecule has 10 heteroatoms. The SMILES string of the molecule is CN(c1cc(Nc2ccc(C3CCOCC3)cc2)ncc1C(N)=O)C1CCN(S(C)(=O)=O)CC1. The van der Waals surface area contributed by atoms with Gasteiger partial charge in [-0.1, -0.05) is 12.1 Å². The zero-order valence-corrected chi connectivity index (χ0v) is 20.6. The maximum absolute atomic E-state index is 12.1. The quantitative estimate of drug-likeness (QED) is 0.616. The molecule has 1 aromatic carbocycles. The van der Waals surface area contributed by atoms with Crippen LogP contribution in [0.2, 0.25) is 0 Å². The maximum Gasteiger partial charge on any atom is 0.252 e. The number of amides is 1. The van der Waals surface area contributed by atoms with E-state index in [1.165, 1.54) is 22.3 Å². The average molecular weight is 488 g/mol. The van der Waals surface area contributed by atoms with E-state index in [1.54, 1.807) is 0 Å². The van der Waals surface area contributed by atoms with Crippen LogP contribution in [0, 0.1) is 0 Å². The largest absolute Gasteiger partial charge is 0.381 e. The molecule has 0 radical (unpaired) electrons. The molecule has 34 heavy (non-hydrogen) atoms. The van der Waals surface area contributed by atoms with Gasteiger partial charge in [0.25, 0.3) is 5.91 Å². The van der Waals surface area contributed by atoms with E-state index in [0.717, 1.165) is 31.7 Å². The average Bonchev–Trinajstić information content (AvgIpc) is 2.84. The third kappa shape index (κ3) is 5.68. The lowest BCUT2D eigenvalue weighted by atomic mass is 9.92. The first-order valence-corrected chi connectivity index (χ1v) is 13.5. The fraction of sp³-hybridized carbons (Fsp3) is 0.500. The minimum atomic E-state index is -3.20. The van der Waals surface area contributed by atoms with Gasteiger partial charge in [-0.15, -0.1) is 0 Å². The second kappa shape index (κ2) is 10.3. The Morgan fingerprint density at radius 2 is 1.79 bits per heavy atom. The van der Waals surface area contributed by atoms with Gasteiger partial charge in [0.05, 0.1) is 17.5 Å². The van der Waals surface area contributed by atoms with Crippen LogP contribution in [0.1, 0.15) is 47.5 Å². The van der Waals surface area contributed by atoms with Crippen LogP contribution in [0.15, 0.2) is 36.5 Å². The Hall–Kier alpha value is -2.69. The number of benzene rings is 1. The maximum atomic E-state index is 12.1. The number of anilines is 3. The minimum absolute atomic E-state index is 0.0881. The van der Waals surface area contributed by atoms with Gasteiger partial charge >= 0.3 is 0 Å². The van der Waals surface area contributed by atoms with Gasteiger partial charge in [0.1, 0.15) is 5.82 Å². The Labute approximate surface area is 201 Å². The van der Waals surface area contributed by atoms with Crippen LogP contribution in [-0.4, -0.2) is 69.3 Å². The molecule has 184 valence electrons. The molecule has 2 aromatic rings. The Morgan fingerprint density at radius 3 is 2.38 bits per heavy atom. The molecule has 3 heterocycles. The molecule has 2 aliphatic heterocycles. The molecule has 2 fully saturated rings. The van der Waals surface area contributed by atoms with Gasteiger partial charge in [0, 0.05) is 57.3 Å². The second-order valence-electron chi connectivity index (χ2n) is 9.09. The number of carbonyl (C=O) groups is 1. The van der Waals surface area contributed by atoms with Crippen LogP contribution in [0.4, 0.5) is 17.2 Å². The second-order valence-corrected chi connectivity index (χ2v) is 11.1. The highest BCUT2D eigenvalue weighted by Gasteiger charge is 2.29. The molecule has 1 aromatic heterocycles. The smallest absolute Gasteiger partial charge is 0.252 e. The zero-order valence-electron chi connectivity index (χ0n) is 19.7. The number of nitrogens with one attached hydrogen (secondary N) is 1. The van der Waals surface area contributed by atoms with Crippen molar-refractivity contribution in [3.63, 3.8) is 0 Å². The van der Waals surface area contributed by atoms with E-state index in [1.807, 2.05) is 30.1 Å². The summed E-state index contributed by atoms with van der Waals surface area (Å²) in [5.74, 6) is 0.597. The lowest BCUT2D eigenvalue weighted by Crippen LogP contribution is -2.45. The lowest BCUT2D eigenvalue weighted by Gasteiger charge is -2.37. The van der Waals surface area contributed by atoms with Gasteiger partial charge in [-0.05, 0) is 49.3 Å². The third-order valence-corrected chi connectivity index (χ3v) is 8.15. The number of hydrogen-bond donors (Lipinski definition) is 2. The molecule has 9 nitrogen and oxygen atoms in total. The molecule has 2 saturated heterocycles. The highest BCUT2D eigenvalue weighted by atomic mass is 32.2. The van der Waals surface area contributed by atoms with E-state index >= 15 is 0 Å². The summed E-state index contributed by atoms with van der Waals surface area (Å²) in [6, 6.07) is 10.3. The number of aromatic nitrogens is 1. The molecule has 3 N–H and O–H groups in total. The predicted molar refractivity (Wildman–Crippen MR) is 133 cm³/mol. The molecule has 1 amide bonds. The number of carbonyl (C=O) groups excluding carboxylic acids is 1. The van der Waals surface area contributed by atoms with Crippen molar-refractivity contribution in [2.45, 2.75) is 37.6 Å². The molecular formula is C24H33N5O4S. The predicted octanol–water partition coefficient (Wildman–Crippen LogP) is 2.68. The molecule has 0 aliphatic carbocycles. The number of nitrogens with zero attached hydrogens (tertiary/aromatic N) is 3. The molecule has 0 atom stereocenters. The van der Waals surface area contributed by atoms with E-state index in [9.17, 15) is 13.2 Å². The Bertz CT molecular complexity index is 1110. The van der Waals surface area contributed by atoms with Crippen molar-refractivity contribution < 1.29 is 17.9 Å². The normalized spacial score (nSPS) is 18.5. The van der Waals surface area contributed by atoms with Crippen LogP contribution in [0.5, 0.6) is 0 Å². The third-order valence-electron chi connectivity index (χ3n) is 6.84. The van der Waals surface area contributed by atoms with E-state index in [4.69, 9.17) is 10.5 Å². The first-order chi connectivity index (χ1) is 16.2. The number of rotatable bonds is 7. The van der Waals surface area contributed by atoms with Crippen LogP contribution < -0.4 is 16.0 Å². The van der Waals surface area contributed by atoms with Crippen molar-refractivity contribution in [2.24, 2.45) is 5.73 Å². The Kier molecular flexibility index (Phi) is 7.39. The summed E-state index contributed by atoms with van der Waals surface area (Å²) in [5, 5.41) is 3.32. The number of pyridine rings is 1. The van der Waals surface area contributed by atoms with Crippen molar-refractivity contribution in [2.75, 3.05) is 49.8 Å². The topological polar surface area (TPSA) is 118 Å². The van der Waals surface area contributed by atoms with Crippen molar-refractivity contribution >= 4 is 33.1 Å². The Morgan fingerprint density at radius 1 is 1.15 bits per heavy atom. The van der Waals surface area contributed by atoms with Crippen LogP contribution in [-0.2, 0) is 14.8 Å². The van der Waals surface area contributed by atoms with Crippen molar-refractivity contribution in [3.8, 4) is 0 Å². The van der Waals surface area contributed by atoms with Gasteiger partial charge in [-0.25, -0.2) is 17.7 Å². The molecule has 0 bridgehead atoms. The summed E-state index contributed by atoms with van der Waals surface area (Å²) in [7, 11) is -1.29. The zero-order chi connectivity index (χ0) is 24.3. The number of sulfonamides is 1. The summed E-state index contributed by atoms with van der Waals surface area (Å²) in [6.07, 6.45) is 6.15. The summed E-state index contributed by atoms with van der Waals surface area (Å²) >= 11 is 0. The number of piperidine rings is 1. The van der Waals surface area contributed by atoms with Gasteiger partial charge in [-0.2, -0.15) is 0 Å². The van der Waals surface area contributed by atoms with Gasteiger partial charge < -0.3 is 20.7 Å². The lowest BCUT2D eigenvalue weighted by molar-refractivity contribution is 0.0853. The van der Waals surface area contributed by atoms with E-state index < -0.39 is 15.9 Å². The van der Waals surface area contributed by atoms with Crippen molar-refractivity contribution in [3.05, 3.63) is 47.7 Å². The van der Waals surface area contributed by atoms with Crippen LogP contribution >= 0.6 is 0 Å². The molecule has 0 saturated carbocycles. The standard InChI is InChI=1S/C24H33N5O4S/c1-28(20-7-11-29(12-8-20)34(2,31)32)22-15-23(26-16-21(22)24(25)30)27-19-5-3-17(4-6-19)18-9-13-33-14-10-18/h3-6,15-16,18,20H,7-14H2,1-2H3,(H2,25,30)(H,26,27). The summed E-state index contributed by atoms with van der Waals surface area (Å²) in [6.45, 7) is 2.53. The van der Waals surface area contributed by atoms with Gasteiger partial charge in [-0.3, -0.25) is 4.79 Å². The summed E-state index contributed by atoms with van der Waals surface area (Å²) < 4.78 is 30.6. The van der Waals surface area contributed by atoms with Gasteiger partial charge in [0.2, 0.25) is 10.0 Å². The molecule has 4 rings (SSSR count). The fourth-order valence-corrected chi connectivity index (χ4v) is 5.64. The van der Waals surface area contributed by atoms with E-state index in [0.29, 0.717) is 48.9 Å². The van der Waals surface area contributed by atoms with Crippen molar-refractivity contribution in [1.29, 1.82) is 0 Å². The Balaban J connectivity index is 1.49. The first-order valence-electron chi connectivity index (χ1n) is 11.6. The highest BCUT2D eigenvalue weighted by Crippen LogP contribution is 2.31. The molecule has 0 spiro atoms. The number of ether oxygens (including phenoxy) is 1. The number of hydrogen-bond acceptors (Lipinski definition) is 7. The molecular weight excluding hydrogens is 454 g/mol. The van der Waals surface area contributed by atoms with Crippen LogP contribution in [0.25, 0.3) is 0 Å². The molecule has 2 aliphatic rings. The molecule has 0 unspecified atom stereocenters. The van der Waals surface area contributed by atoms with Gasteiger partial charge in [0.15, 0.2) is 0 Å². The number of nitrogens with two attached hydrogens (primary N) is 1. The van der Waals surface area contributed by atoms with E-state index in [2.05, 4.69) is 22.4 Å². The fourth-order valence-electron chi connectivity index (χ4n) is 4.77.